The Balaban J connectivity index is 2.56. The Labute approximate surface area is 94.0 Å². The van der Waals surface area contributed by atoms with Crippen molar-refractivity contribution < 1.29 is 17.6 Å². The van der Waals surface area contributed by atoms with Crippen LogP contribution in [0.15, 0.2) is 36.8 Å². The summed E-state index contributed by atoms with van der Waals surface area (Å²) in [5, 5.41) is 0. The molecule has 2 aromatic heterocycles. The zero-order valence-electron chi connectivity index (χ0n) is 8.37. The van der Waals surface area contributed by atoms with Crippen LogP contribution in [-0.4, -0.2) is 9.97 Å². The van der Waals surface area contributed by atoms with Crippen LogP contribution in [0, 0.1) is 5.95 Å². The van der Waals surface area contributed by atoms with Crippen molar-refractivity contribution in [2.45, 2.75) is 6.18 Å². The first-order chi connectivity index (χ1) is 7.98. The molecule has 0 saturated heterocycles. The van der Waals surface area contributed by atoms with Gasteiger partial charge in [-0.1, -0.05) is 0 Å². The van der Waals surface area contributed by atoms with Crippen molar-refractivity contribution in [2.75, 3.05) is 0 Å². The van der Waals surface area contributed by atoms with Crippen LogP contribution in [0.5, 0.6) is 0 Å². The van der Waals surface area contributed by atoms with Crippen LogP contribution >= 0.6 is 0 Å². The van der Waals surface area contributed by atoms with Crippen LogP contribution in [0.25, 0.3) is 11.1 Å². The molecule has 0 bridgehead atoms. The third-order valence-electron chi connectivity index (χ3n) is 2.16. The molecule has 0 fully saturated rings. The summed E-state index contributed by atoms with van der Waals surface area (Å²) in [5.74, 6) is -0.744. The van der Waals surface area contributed by atoms with E-state index in [1.165, 1.54) is 6.07 Å². The van der Waals surface area contributed by atoms with Crippen LogP contribution in [0.4, 0.5) is 17.6 Å². The molecule has 2 rings (SSSR count). The summed E-state index contributed by atoms with van der Waals surface area (Å²) in [6, 6.07) is 3.11. The fourth-order valence-electron chi connectivity index (χ4n) is 1.41. The molecule has 0 N–H and O–H groups in total. The molecule has 2 heterocycles. The van der Waals surface area contributed by atoms with Gasteiger partial charge in [0.25, 0.3) is 0 Å². The van der Waals surface area contributed by atoms with Crippen LogP contribution in [-0.2, 0) is 6.18 Å². The maximum atomic E-state index is 12.7. The first-order valence-corrected chi connectivity index (χ1v) is 4.61. The lowest BCUT2D eigenvalue weighted by molar-refractivity contribution is -0.137. The van der Waals surface area contributed by atoms with Gasteiger partial charge in [0.1, 0.15) is 0 Å². The molecule has 0 unspecified atom stereocenters. The number of pyridine rings is 2. The smallest absolute Gasteiger partial charge is 0.264 e. The number of nitrogens with zero attached hydrogens (tertiary/aromatic N) is 2. The lowest BCUT2D eigenvalue weighted by Gasteiger charge is -2.11. The van der Waals surface area contributed by atoms with Gasteiger partial charge in [-0.3, -0.25) is 4.98 Å². The molecule has 0 aliphatic carbocycles. The minimum Gasteiger partial charge on any atom is -0.264 e. The molecule has 0 saturated carbocycles. The average Bonchev–Trinajstić information content (AvgIpc) is 2.29. The summed E-state index contributed by atoms with van der Waals surface area (Å²) in [6.45, 7) is 0. The summed E-state index contributed by atoms with van der Waals surface area (Å²) in [4.78, 5) is 6.95. The number of hydrogen-bond acceptors (Lipinski definition) is 2. The third kappa shape index (κ3) is 2.41. The van der Waals surface area contributed by atoms with Crippen LogP contribution in [0.1, 0.15) is 5.56 Å². The third-order valence-corrected chi connectivity index (χ3v) is 2.16. The van der Waals surface area contributed by atoms with E-state index >= 15 is 0 Å². The van der Waals surface area contributed by atoms with Gasteiger partial charge in [0, 0.05) is 29.7 Å². The summed E-state index contributed by atoms with van der Waals surface area (Å²) in [7, 11) is 0. The van der Waals surface area contributed by atoms with Crippen molar-refractivity contribution in [1.82, 2.24) is 9.97 Å². The van der Waals surface area contributed by atoms with Gasteiger partial charge >= 0.3 is 6.18 Å². The monoisotopic (exact) mass is 242 g/mol. The Morgan fingerprint density at radius 1 is 1.00 bits per heavy atom. The van der Waals surface area contributed by atoms with Gasteiger partial charge in [0.05, 0.1) is 5.56 Å². The standard InChI is InChI=1S/C11H6F4N2/c12-10-2-1-7(5-17-10)8-6-16-4-3-9(8)11(13,14)15/h1-6H. The molecule has 0 aliphatic heterocycles. The second kappa shape index (κ2) is 4.12. The van der Waals surface area contributed by atoms with Gasteiger partial charge in [0.15, 0.2) is 0 Å². The van der Waals surface area contributed by atoms with E-state index in [2.05, 4.69) is 9.97 Å². The van der Waals surface area contributed by atoms with E-state index in [4.69, 9.17) is 0 Å². The molecule has 2 nitrogen and oxygen atoms in total. The number of hydrogen-bond donors (Lipinski definition) is 0. The lowest BCUT2D eigenvalue weighted by Crippen LogP contribution is -2.07. The summed E-state index contributed by atoms with van der Waals surface area (Å²) in [5.41, 5.74) is -0.764. The van der Waals surface area contributed by atoms with Crippen LogP contribution < -0.4 is 0 Å². The highest BCUT2D eigenvalue weighted by atomic mass is 19.4. The van der Waals surface area contributed by atoms with E-state index in [1.54, 1.807) is 0 Å². The summed E-state index contributed by atoms with van der Waals surface area (Å²) in [6.07, 6.45) is -1.30. The fraction of sp³-hybridized carbons (Fsp3) is 0.0909. The van der Waals surface area contributed by atoms with E-state index in [-0.39, 0.29) is 11.1 Å². The van der Waals surface area contributed by atoms with E-state index < -0.39 is 17.7 Å². The molecule has 6 heteroatoms. The van der Waals surface area contributed by atoms with Crippen molar-refractivity contribution >= 4 is 0 Å². The van der Waals surface area contributed by atoms with Gasteiger partial charge < -0.3 is 0 Å². The molecule has 0 atom stereocenters. The SMILES string of the molecule is Fc1ccc(-c2cnccc2C(F)(F)F)cn1. The Bertz CT molecular complexity index is 520. The molecule has 2 aromatic rings. The molecular weight excluding hydrogens is 236 g/mol. The van der Waals surface area contributed by atoms with Crippen molar-refractivity contribution in [1.29, 1.82) is 0 Å². The fourth-order valence-corrected chi connectivity index (χ4v) is 1.41. The summed E-state index contributed by atoms with van der Waals surface area (Å²) < 4.78 is 50.7. The molecule has 0 aromatic carbocycles. The molecule has 0 amide bonds. The Hall–Kier alpha value is -1.98. The molecule has 0 radical (unpaired) electrons. The van der Waals surface area contributed by atoms with Gasteiger partial charge in [-0.25, -0.2) is 4.98 Å². The van der Waals surface area contributed by atoms with E-state index in [1.807, 2.05) is 0 Å². The molecule has 17 heavy (non-hydrogen) atoms. The average molecular weight is 242 g/mol. The second-order valence-electron chi connectivity index (χ2n) is 3.29. The first-order valence-electron chi connectivity index (χ1n) is 4.61. The number of alkyl halides is 3. The van der Waals surface area contributed by atoms with E-state index in [0.29, 0.717) is 0 Å². The van der Waals surface area contributed by atoms with Gasteiger partial charge in [0.2, 0.25) is 5.95 Å². The second-order valence-corrected chi connectivity index (χ2v) is 3.29. The molecular formula is C11H6F4N2. The number of aromatic nitrogens is 2. The minimum atomic E-state index is -4.48. The Morgan fingerprint density at radius 3 is 2.35 bits per heavy atom. The van der Waals surface area contributed by atoms with Gasteiger partial charge in [-0.05, 0) is 18.2 Å². The van der Waals surface area contributed by atoms with Crippen LogP contribution in [0.2, 0.25) is 0 Å². The number of rotatable bonds is 1. The van der Waals surface area contributed by atoms with E-state index in [9.17, 15) is 17.6 Å². The Kier molecular flexibility index (Phi) is 2.79. The molecule has 0 aliphatic rings. The lowest BCUT2D eigenvalue weighted by atomic mass is 10.0. The van der Waals surface area contributed by atoms with Crippen molar-refractivity contribution in [3.05, 3.63) is 48.3 Å². The molecule has 0 spiro atoms. The zero-order chi connectivity index (χ0) is 12.5. The first kappa shape index (κ1) is 11.5. The summed E-state index contributed by atoms with van der Waals surface area (Å²) >= 11 is 0. The van der Waals surface area contributed by atoms with Gasteiger partial charge in [-0.15, -0.1) is 0 Å². The predicted octanol–water partition coefficient (Wildman–Crippen LogP) is 3.30. The van der Waals surface area contributed by atoms with Crippen molar-refractivity contribution in [3.63, 3.8) is 0 Å². The highest BCUT2D eigenvalue weighted by molar-refractivity contribution is 5.65. The van der Waals surface area contributed by atoms with Crippen LogP contribution in [0.3, 0.4) is 0 Å². The normalized spacial score (nSPS) is 11.5. The van der Waals surface area contributed by atoms with Crippen molar-refractivity contribution in [2.24, 2.45) is 0 Å². The maximum Gasteiger partial charge on any atom is 0.417 e. The predicted molar refractivity (Wildman–Crippen MR) is 52.4 cm³/mol. The topological polar surface area (TPSA) is 25.8 Å². The Morgan fingerprint density at radius 2 is 1.76 bits per heavy atom. The van der Waals surface area contributed by atoms with Crippen molar-refractivity contribution in [3.8, 4) is 11.1 Å². The zero-order valence-corrected chi connectivity index (χ0v) is 8.37. The largest absolute Gasteiger partial charge is 0.417 e. The molecule has 88 valence electrons. The highest BCUT2D eigenvalue weighted by Gasteiger charge is 2.33. The minimum absolute atomic E-state index is 0.118. The number of halogens is 4. The quantitative estimate of drug-likeness (QED) is 0.566. The maximum absolute atomic E-state index is 12.7. The van der Waals surface area contributed by atoms with Gasteiger partial charge in [-0.2, -0.15) is 17.6 Å². The van der Waals surface area contributed by atoms with E-state index in [0.717, 1.165) is 30.7 Å². The highest BCUT2D eigenvalue weighted by Crippen LogP contribution is 2.35.